The summed E-state index contributed by atoms with van der Waals surface area (Å²) in [7, 11) is -2.26. The second kappa shape index (κ2) is 11.4. The number of nitrogens with zero attached hydrogens (tertiary/aromatic N) is 1. The summed E-state index contributed by atoms with van der Waals surface area (Å²) in [6, 6.07) is 12.0. The average Bonchev–Trinajstić information content (AvgIpc) is 2.78. The highest BCUT2D eigenvalue weighted by Gasteiger charge is 2.26. The van der Waals surface area contributed by atoms with Crippen LogP contribution in [0.1, 0.15) is 35.7 Å². The van der Waals surface area contributed by atoms with E-state index in [0.29, 0.717) is 35.5 Å². The van der Waals surface area contributed by atoms with E-state index in [-0.39, 0.29) is 22.9 Å². The number of halogens is 1. The lowest BCUT2D eigenvalue weighted by Crippen LogP contribution is -2.38. The van der Waals surface area contributed by atoms with Crippen molar-refractivity contribution >= 4 is 39.3 Å². The number of hydrogen-bond donors (Lipinski definition) is 1. The molecule has 0 saturated carbocycles. The van der Waals surface area contributed by atoms with Crippen LogP contribution in [0.5, 0.6) is 5.75 Å². The highest BCUT2D eigenvalue weighted by atomic mass is 35.5. The molecule has 0 unspecified atom stereocenters. The topological polar surface area (TPSA) is 75.7 Å². The van der Waals surface area contributed by atoms with Gasteiger partial charge in [-0.15, -0.1) is 0 Å². The Morgan fingerprint density at radius 1 is 1.22 bits per heavy atom. The van der Waals surface area contributed by atoms with Crippen molar-refractivity contribution in [3.63, 3.8) is 0 Å². The summed E-state index contributed by atoms with van der Waals surface area (Å²) in [6.07, 6.45) is 1.89. The summed E-state index contributed by atoms with van der Waals surface area (Å²) >= 11 is 7.61. The van der Waals surface area contributed by atoms with Crippen molar-refractivity contribution in [2.75, 3.05) is 32.5 Å². The van der Waals surface area contributed by atoms with E-state index in [1.807, 2.05) is 24.3 Å². The molecule has 32 heavy (non-hydrogen) atoms. The van der Waals surface area contributed by atoms with Gasteiger partial charge in [-0.3, -0.25) is 4.79 Å². The molecular weight excluding hydrogens is 468 g/mol. The summed E-state index contributed by atoms with van der Waals surface area (Å²) in [5, 5.41) is 0.688. The van der Waals surface area contributed by atoms with Crippen LogP contribution in [0.3, 0.4) is 0 Å². The van der Waals surface area contributed by atoms with Gasteiger partial charge in [-0.2, -0.15) is 11.8 Å². The number of likely N-dealkylation sites (tertiary alicyclic amines) is 1. The molecule has 0 aliphatic carbocycles. The van der Waals surface area contributed by atoms with Crippen LogP contribution in [0.15, 0.2) is 47.4 Å². The first-order chi connectivity index (χ1) is 15.3. The Labute approximate surface area is 199 Å². The number of thioether (sulfide) groups is 1. The van der Waals surface area contributed by atoms with Crippen molar-refractivity contribution in [2.24, 2.45) is 5.92 Å². The Hall–Kier alpha value is -1.74. The Balaban J connectivity index is 1.61. The van der Waals surface area contributed by atoms with Gasteiger partial charge in [0.1, 0.15) is 5.75 Å². The fourth-order valence-electron chi connectivity index (χ4n) is 3.55. The van der Waals surface area contributed by atoms with E-state index < -0.39 is 10.0 Å². The molecule has 0 atom stereocenters. The zero-order chi connectivity index (χ0) is 23.1. The predicted molar refractivity (Wildman–Crippen MR) is 130 cm³/mol. The minimum atomic E-state index is -3.74. The molecule has 2 aromatic carbocycles. The predicted octanol–water partition coefficient (Wildman–Crippen LogP) is 4.43. The second-order valence-electron chi connectivity index (χ2n) is 7.92. The standard InChI is InChI=1S/C23H29ClN2O4S2/c1-17-8-11-26(12-9-17)23(27)21-15-20(6-7-22(21)30-2)32(28,29)25-10-13-31-16-18-4-3-5-19(24)14-18/h3-7,14-15,17,25H,8-13,16H2,1-2H3. The van der Waals surface area contributed by atoms with Gasteiger partial charge in [-0.1, -0.05) is 30.7 Å². The minimum Gasteiger partial charge on any atom is -0.496 e. The van der Waals surface area contributed by atoms with Crippen LogP contribution in [-0.4, -0.2) is 51.7 Å². The molecule has 0 radical (unpaired) electrons. The molecule has 6 nitrogen and oxygen atoms in total. The number of nitrogens with one attached hydrogen (secondary N) is 1. The lowest BCUT2D eigenvalue weighted by Gasteiger charge is -2.30. The first-order valence-corrected chi connectivity index (χ1v) is 13.6. The number of hydrogen-bond acceptors (Lipinski definition) is 5. The number of ether oxygens (including phenoxy) is 1. The summed E-state index contributed by atoms with van der Waals surface area (Å²) in [6.45, 7) is 3.80. The van der Waals surface area contributed by atoms with Gasteiger partial charge in [-0.25, -0.2) is 13.1 Å². The van der Waals surface area contributed by atoms with Gasteiger partial charge in [0.2, 0.25) is 10.0 Å². The Bertz CT molecular complexity index is 1040. The summed E-state index contributed by atoms with van der Waals surface area (Å²) < 4.78 is 33.6. The third-order valence-corrected chi connectivity index (χ3v) is 8.20. The summed E-state index contributed by atoms with van der Waals surface area (Å²) in [5.41, 5.74) is 1.37. The largest absolute Gasteiger partial charge is 0.496 e. The Kier molecular flexibility index (Phi) is 8.87. The number of rotatable bonds is 9. The maximum Gasteiger partial charge on any atom is 0.257 e. The third kappa shape index (κ3) is 6.63. The SMILES string of the molecule is COc1ccc(S(=O)(=O)NCCSCc2cccc(Cl)c2)cc1C(=O)N1CCC(C)CC1. The Morgan fingerprint density at radius 3 is 2.66 bits per heavy atom. The van der Waals surface area contributed by atoms with Gasteiger partial charge >= 0.3 is 0 Å². The molecule has 2 aromatic rings. The lowest BCUT2D eigenvalue weighted by molar-refractivity contribution is 0.0693. The van der Waals surface area contributed by atoms with Crippen LogP contribution in [0.25, 0.3) is 0 Å². The van der Waals surface area contributed by atoms with Gasteiger partial charge < -0.3 is 9.64 Å². The maximum atomic E-state index is 13.0. The molecule has 1 aliphatic rings. The first kappa shape index (κ1) is 24.9. The van der Waals surface area contributed by atoms with E-state index in [1.54, 1.807) is 22.7 Å². The van der Waals surface area contributed by atoms with Crippen LogP contribution < -0.4 is 9.46 Å². The van der Waals surface area contributed by atoms with Crippen molar-refractivity contribution in [3.8, 4) is 5.75 Å². The van der Waals surface area contributed by atoms with Crippen LogP contribution in [0.4, 0.5) is 0 Å². The van der Waals surface area contributed by atoms with E-state index in [0.717, 1.165) is 24.2 Å². The van der Waals surface area contributed by atoms with E-state index in [1.165, 1.54) is 19.2 Å². The minimum absolute atomic E-state index is 0.0619. The zero-order valence-electron chi connectivity index (χ0n) is 18.3. The van der Waals surface area contributed by atoms with Crippen LogP contribution in [-0.2, 0) is 15.8 Å². The van der Waals surface area contributed by atoms with E-state index in [9.17, 15) is 13.2 Å². The molecule has 174 valence electrons. The molecule has 0 spiro atoms. The smallest absolute Gasteiger partial charge is 0.257 e. The molecule has 1 fully saturated rings. The lowest BCUT2D eigenvalue weighted by atomic mass is 9.98. The highest BCUT2D eigenvalue weighted by Crippen LogP contribution is 2.26. The average molecular weight is 497 g/mol. The summed E-state index contributed by atoms with van der Waals surface area (Å²) in [5.74, 6) is 2.14. The number of methoxy groups -OCH3 is 1. The van der Waals surface area contributed by atoms with Gasteiger partial charge in [0.15, 0.2) is 0 Å². The van der Waals surface area contributed by atoms with Crippen LogP contribution >= 0.6 is 23.4 Å². The quantitative estimate of drug-likeness (QED) is 0.520. The first-order valence-electron chi connectivity index (χ1n) is 10.6. The molecule has 0 aromatic heterocycles. The molecular formula is C23H29ClN2O4S2. The van der Waals surface area contributed by atoms with Crippen LogP contribution in [0.2, 0.25) is 5.02 Å². The van der Waals surface area contributed by atoms with Gasteiger partial charge in [0.05, 0.1) is 17.6 Å². The molecule has 1 amide bonds. The van der Waals surface area contributed by atoms with Crippen molar-refractivity contribution in [1.29, 1.82) is 0 Å². The fraction of sp³-hybridized carbons (Fsp3) is 0.435. The monoisotopic (exact) mass is 496 g/mol. The fourth-order valence-corrected chi connectivity index (χ4v) is 5.76. The van der Waals surface area contributed by atoms with Gasteiger partial charge in [0.25, 0.3) is 5.91 Å². The zero-order valence-corrected chi connectivity index (χ0v) is 20.7. The van der Waals surface area contributed by atoms with Crippen molar-refractivity contribution in [2.45, 2.75) is 30.4 Å². The highest BCUT2D eigenvalue weighted by molar-refractivity contribution is 7.98. The van der Waals surface area contributed by atoms with E-state index in [4.69, 9.17) is 16.3 Å². The number of amides is 1. The second-order valence-corrected chi connectivity index (χ2v) is 11.2. The van der Waals surface area contributed by atoms with E-state index >= 15 is 0 Å². The number of sulfonamides is 1. The molecule has 1 aliphatic heterocycles. The normalized spacial score (nSPS) is 15.0. The number of piperidine rings is 1. The van der Waals surface area contributed by atoms with E-state index in [2.05, 4.69) is 11.6 Å². The maximum absolute atomic E-state index is 13.0. The third-order valence-electron chi connectivity index (χ3n) is 5.48. The van der Waals surface area contributed by atoms with Crippen molar-refractivity contribution < 1.29 is 17.9 Å². The molecule has 1 N–H and O–H groups in total. The molecule has 9 heteroatoms. The number of carbonyl (C=O) groups excluding carboxylic acids is 1. The van der Waals surface area contributed by atoms with Gasteiger partial charge in [-0.05, 0) is 54.7 Å². The number of carbonyl (C=O) groups is 1. The molecule has 1 heterocycles. The molecule has 3 rings (SSSR count). The van der Waals surface area contributed by atoms with Crippen molar-refractivity contribution in [1.82, 2.24) is 9.62 Å². The number of benzene rings is 2. The molecule has 0 bridgehead atoms. The van der Waals surface area contributed by atoms with Crippen molar-refractivity contribution in [3.05, 3.63) is 58.6 Å². The van der Waals surface area contributed by atoms with Gasteiger partial charge in [0, 0.05) is 36.2 Å². The summed E-state index contributed by atoms with van der Waals surface area (Å²) in [4.78, 5) is 14.9. The van der Waals surface area contributed by atoms with Crippen LogP contribution in [0, 0.1) is 5.92 Å². The Morgan fingerprint density at radius 2 is 1.97 bits per heavy atom. The molecule has 1 saturated heterocycles.